The van der Waals surface area contributed by atoms with Gasteiger partial charge < -0.3 is 4.98 Å². The van der Waals surface area contributed by atoms with Gasteiger partial charge in [-0.3, -0.25) is 14.9 Å². The van der Waals surface area contributed by atoms with Crippen LogP contribution in [0.3, 0.4) is 0 Å². The first-order valence-electron chi connectivity index (χ1n) is 7.26. The molecule has 0 saturated heterocycles. The molecule has 0 amide bonds. The van der Waals surface area contributed by atoms with Gasteiger partial charge in [0.25, 0.3) is 11.2 Å². The number of nitro groups is 1. The maximum atomic E-state index is 12.2. The van der Waals surface area contributed by atoms with Crippen molar-refractivity contribution in [3.8, 4) is 0 Å². The van der Waals surface area contributed by atoms with Crippen LogP contribution in [0.25, 0.3) is 10.2 Å². The fraction of sp³-hybridized carbons (Fsp3) is 0.250. The number of aromatic nitrogens is 2. The third kappa shape index (κ3) is 3.20. The molecule has 124 valence electrons. The minimum absolute atomic E-state index is 0.117. The number of benzene rings is 1. The maximum absolute atomic E-state index is 12.2. The van der Waals surface area contributed by atoms with Crippen molar-refractivity contribution in [1.82, 2.24) is 9.97 Å². The summed E-state index contributed by atoms with van der Waals surface area (Å²) in [5.74, 6) is 1.58. The smallest absolute Gasteiger partial charge is 0.273 e. The number of thiophene rings is 1. The number of para-hydroxylation sites is 1. The lowest BCUT2D eigenvalue weighted by molar-refractivity contribution is -0.385. The molecule has 8 heteroatoms. The van der Waals surface area contributed by atoms with Crippen molar-refractivity contribution >= 4 is 39.0 Å². The molecular weight excluding hydrogens is 346 g/mol. The monoisotopic (exact) mass is 361 g/mol. The van der Waals surface area contributed by atoms with Crippen LogP contribution in [0, 0.1) is 24.0 Å². The first kappa shape index (κ1) is 16.7. The van der Waals surface area contributed by atoms with Gasteiger partial charge >= 0.3 is 0 Å². The second-order valence-corrected chi connectivity index (χ2v) is 7.54. The molecule has 0 aliphatic rings. The van der Waals surface area contributed by atoms with Gasteiger partial charge in [-0.15, -0.1) is 23.1 Å². The van der Waals surface area contributed by atoms with Crippen LogP contribution >= 0.6 is 23.1 Å². The van der Waals surface area contributed by atoms with Gasteiger partial charge in [-0.05, 0) is 19.4 Å². The number of nitro benzene ring substituents is 1. The number of aryl methyl sites for hydroxylation is 2. The molecule has 1 aromatic carbocycles. The Morgan fingerprint density at radius 3 is 2.79 bits per heavy atom. The molecule has 0 spiro atoms. The van der Waals surface area contributed by atoms with Crippen LogP contribution in [0.5, 0.6) is 0 Å². The lowest BCUT2D eigenvalue weighted by Gasteiger charge is -2.03. The maximum Gasteiger partial charge on any atom is 0.273 e. The second-order valence-electron chi connectivity index (χ2n) is 5.35. The van der Waals surface area contributed by atoms with E-state index >= 15 is 0 Å². The van der Waals surface area contributed by atoms with E-state index in [9.17, 15) is 14.9 Å². The van der Waals surface area contributed by atoms with E-state index < -0.39 is 0 Å². The summed E-state index contributed by atoms with van der Waals surface area (Å²) < 4.78 is 0. The Labute approximate surface area is 146 Å². The predicted octanol–water partition coefficient (Wildman–Crippen LogP) is 3.94. The molecule has 1 N–H and O–H groups in total. The highest BCUT2D eigenvalue weighted by Gasteiger charge is 2.14. The van der Waals surface area contributed by atoms with Crippen LogP contribution in [0.2, 0.25) is 0 Å². The highest BCUT2D eigenvalue weighted by Crippen LogP contribution is 2.27. The van der Waals surface area contributed by atoms with Gasteiger partial charge in [0, 0.05) is 22.3 Å². The summed E-state index contributed by atoms with van der Waals surface area (Å²) in [5.41, 5.74) is 1.64. The third-order valence-electron chi connectivity index (χ3n) is 3.77. The second kappa shape index (κ2) is 6.74. The van der Waals surface area contributed by atoms with Gasteiger partial charge in [0.2, 0.25) is 0 Å². The highest BCUT2D eigenvalue weighted by atomic mass is 32.2. The largest absolute Gasteiger partial charge is 0.309 e. The molecule has 0 radical (unpaired) electrons. The normalized spacial score (nSPS) is 11.1. The highest BCUT2D eigenvalue weighted by molar-refractivity contribution is 7.97. The van der Waals surface area contributed by atoms with Crippen LogP contribution in [0.15, 0.2) is 29.1 Å². The molecule has 6 nitrogen and oxygen atoms in total. The molecule has 0 atom stereocenters. The van der Waals surface area contributed by atoms with Gasteiger partial charge in [0.15, 0.2) is 0 Å². The zero-order chi connectivity index (χ0) is 17.3. The molecule has 0 aliphatic heterocycles. The number of rotatable bonds is 5. The molecule has 24 heavy (non-hydrogen) atoms. The average molecular weight is 361 g/mol. The summed E-state index contributed by atoms with van der Waals surface area (Å²) in [6.45, 7) is 3.90. The molecule has 0 unspecified atom stereocenters. The number of nitrogens with zero attached hydrogens (tertiary/aromatic N) is 2. The summed E-state index contributed by atoms with van der Waals surface area (Å²) in [5, 5.41) is 11.7. The van der Waals surface area contributed by atoms with Crippen LogP contribution in [-0.4, -0.2) is 14.9 Å². The summed E-state index contributed by atoms with van der Waals surface area (Å²) >= 11 is 3.00. The summed E-state index contributed by atoms with van der Waals surface area (Å²) in [4.78, 5) is 32.0. The number of thioether (sulfide) groups is 1. The third-order valence-corrected chi connectivity index (χ3v) is 5.87. The molecule has 0 fully saturated rings. The van der Waals surface area contributed by atoms with Crippen molar-refractivity contribution in [3.05, 3.63) is 66.6 Å². The molecule has 0 saturated carbocycles. The summed E-state index contributed by atoms with van der Waals surface area (Å²) in [6.07, 6.45) is 0. The van der Waals surface area contributed by atoms with Gasteiger partial charge in [-0.1, -0.05) is 18.2 Å². The van der Waals surface area contributed by atoms with E-state index in [0.29, 0.717) is 28.3 Å². The number of nitrogens with one attached hydrogen (secondary N) is 1. The molecule has 0 bridgehead atoms. The Hall–Kier alpha value is -2.19. The Bertz CT molecular complexity index is 978. The minimum Gasteiger partial charge on any atom is -0.309 e. The van der Waals surface area contributed by atoms with Crippen molar-refractivity contribution in [2.75, 3.05) is 0 Å². The van der Waals surface area contributed by atoms with E-state index in [1.165, 1.54) is 29.2 Å². The van der Waals surface area contributed by atoms with Crippen molar-refractivity contribution in [3.63, 3.8) is 0 Å². The first-order valence-corrected chi connectivity index (χ1v) is 9.23. The van der Waals surface area contributed by atoms with Crippen LogP contribution in [-0.2, 0) is 11.5 Å². The lowest BCUT2D eigenvalue weighted by Crippen LogP contribution is -2.10. The number of aromatic amines is 1. The SMILES string of the molecule is Cc1sc2nc(CSCc3ccccc3[N+](=O)[O-])[nH]c(=O)c2c1C. The van der Waals surface area contributed by atoms with Gasteiger partial charge in [0.05, 0.1) is 16.1 Å². The van der Waals surface area contributed by atoms with Gasteiger partial charge in [-0.25, -0.2) is 4.98 Å². The van der Waals surface area contributed by atoms with Crippen molar-refractivity contribution in [2.24, 2.45) is 0 Å². The van der Waals surface area contributed by atoms with E-state index in [-0.39, 0.29) is 16.2 Å². The number of hydrogen-bond donors (Lipinski definition) is 1. The van der Waals surface area contributed by atoms with Gasteiger partial charge in [-0.2, -0.15) is 0 Å². The lowest BCUT2D eigenvalue weighted by atomic mass is 10.2. The zero-order valence-electron chi connectivity index (χ0n) is 13.2. The molecule has 2 aromatic heterocycles. The van der Waals surface area contributed by atoms with Crippen LogP contribution in [0.4, 0.5) is 5.69 Å². The Balaban J connectivity index is 1.77. The Morgan fingerprint density at radius 1 is 1.29 bits per heavy atom. The van der Waals surface area contributed by atoms with E-state index in [4.69, 9.17) is 0 Å². The molecule has 2 heterocycles. The Kier molecular flexibility index (Phi) is 4.68. The first-order chi connectivity index (χ1) is 11.5. The quantitative estimate of drug-likeness (QED) is 0.549. The van der Waals surface area contributed by atoms with Crippen LogP contribution in [0.1, 0.15) is 21.8 Å². The van der Waals surface area contributed by atoms with Crippen LogP contribution < -0.4 is 5.56 Å². The van der Waals surface area contributed by atoms with Crippen molar-refractivity contribution in [2.45, 2.75) is 25.4 Å². The summed E-state index contributed by atoms with van der Waals surface area (Å²) in [6, 6.07) is 6.68. The number of fused-ring (bicyclic) bond motifs is 1. The van der Waals surface area contributed by atoms with E-state index in [1.807, 2.05) is 13.8 Å². The summed E-state index contributed by atoms with van der Waals surface area (Å²) in [7, 11) is 0. The Morgan fingerprint density at radius 2 is 2.04 bits per heavy atom. The number of H-pyrrole nitrogens is 1. The fourth-order valence-corrected chi connectivity index (χ4v) is 4.38. The molecule has 3 rings (SSSR count). The van der Waals surface area contributed by atoms with E-state index in [1.54, 1.807) is 18.2 Å². The zero-order valence-corrected chi connectivity index (χ0v) is 14.8. The number of hydrogen-bond acceptors (Lipinski definition) is 6. The van der Waals surface area contributed by atoms with E-state index in [2.05, 4.69) is 9.97 Å². The van der Waals surface area contributed by atoms with Crippen molar-refractivity contribution < 1.29 is 4.92 Å². The topological polar surface area (TPSA) is 88.9 Å². The molecule has 3 aromatic rings. The minimum atomic E-state index is -0.376. The molecular formula is C16H15N3O3S2. The van der Waals surface area contributed by atoms with Gasteiger partial charge in [0.1, 0.15) is 10.7 Å². The fourth-order valence-electron chi connectivity index (χ4n) is 2.44. The standard InChI is InChI=1S/C16H15N3O3S2/c1-9-10(2)24-16-14(9)15(20)17-13(18-16)8-23-7-11-5-3-4-6-12(11)19(21)22/h3-6H,7-8H2,1-2H3,(H,17,18,20). The molecule has 0 aliphatic carbocycles. The van der Waals surface area contributed by atoms with Crippen molar-refractivity contribution in [1.29, 1.82) is 0 Å². The average Bonchev–Trinajstić information content (AvgIpc) is 2.82. The van der Waals surface area contributed by atoms with E-state index in [0.717, 1.165) is 15.3 Å². The predicted molar refractivity (Wildman–Crippen MR) is 97.8 cm³/mol.